The van der Waals surface area contributed by atoms with E-state index in [0.29, 0.717) is 6.54 Å². The van der Waals surface area contributed by atoms with Crippen LogP contribution in [0.25, 0.3) is 0 Å². The Morgan fingerprint density at radius 1 is 1.53 bits per heavy atom. The summed E-state index contributed by atoms with van der Waals surface area (Å²) < 4.78 is 25.9. The van der Waals surface area contributed by atoms with E-state index in [4.69, 9.17) is 0 Å². The Bertz CT molecular complexity index is 261. The quantitative estimate of drug-likeness (QED) is 0.666. The van der Waals surface area contributed by atoms with Gasteiger partial charge in [0.05, 0.1) is 5.75 Å². The number of hydrogen-bond acceptors (Lipinski definition) is 4. The lowest BCUT2D eigenvalue weighted by Crippen LogP contribution is -2.38. The number of hydrogen-bond donors (Lipinski definition) is 2. The Morgan fingerprint density at radius 2 is 2.33 bits per heavy atom. The van der Waals surface area contributed by atoms with Crippen molar-refractivity contribution in [2.45, 2.75) is 12.8 Å². The van der Waals surface area contributed by atoms with Crippen molar-refractivity contribution < 1.29 is 8.42 Å². The molecule has 0 aromatic heterocycles. The second-order valence-electron chi connectivity index (χ2n) is 3.88. The van der Waals surface area contributed by atoms with Crippen LogP contribution in [0, 0.1) is 5.92 Å². The molecule has 0 bridgehead atoms. The molecule has 0 amide bonds. The number of rotatable bonds is 6. The molecule has 1 atom stereocenters. The summed E-state index contributed by atoms with van der Waals surface area (Å²) in [6.07, 6.45) is 4.08. The first-order valence-electron chi connectivity index (χ1n) is 5.31. The van der Waals surface area contributed by atoms with Crippen LogP contribution >= 0.6 is 11.8 Å². The first-order chi connectivity index (χ1) is 7.14. The van der Waals surface area contributed by atoms with Gasteiger partial charge >= 0.3 is 0 Å². The fourth-order valence-electron chi connectivity index (χ4n) is 1.73. The van der Waals surface area contributed by atoms with Crippen molar-refractivity contribution in [3.05, 3.63) is 0 Å². The number of nitrogens with one attached hydrogen (secondary N) is 2. The monoisotopic (exact) mass is 252 g/mol. The van der Waals surface area contributed by atoms with Gasteiger partial charge in [-0.1, -0.05) is 0 Å². The largest absolute Gasteiger partial charge is 0.316 e. The first-order valence-corrected chi connectivity index (χ1v) is 8.35. The zero-order valence-corrected chi connectivity index (χ0v) is 10.8. The van der Waals surface area contributed by atoms with Gasteiger partial charge in [0.2, 0.25) is 10.0 Å². The molecule has 0 aromatic carbocycles. The molecule has 15 heavy (non-hydrogen) atoms. The van der Waals surface area contributed by atoms with E-state index >= 15 is 0 Å². The lowest BCUT2D eigenvalue weighted by atomic mass is 10.0. The summed E-state index contributed by atoms with van der Waals surface area (Å²) in [4.78, 5) is 0. The van der Waals surface area contributed by atoms with E-state index in [1.165, 1.54) is 0 Å². The molecule has 6 heteroatoms. The molecular formula is C9H20N2O2S2. The van der Waals surface area contributed by atoms with Gasteiger partial charge in [-0.3, -0.25) is 0 Å². The van der Waals surface area contributed by atoms with Gasteiger partial charge < -0.3 is 5.32 Å². The molecule has 2 N–H and O–H groups in total. The fourth-order valence-corrected chi connectivity index (χ4v) is 3.61. The van der Waals surface area contributed by atoms with Crippen LogP contribution in [0.3, 0.4) is 0 Å². The molecule has 4 nitrogen and oxygen atoms in total. The predicted octanol–water partition coefficient (Wildman–Crippen LogP) is 0.268. The molecule has 1 aliphatic rings. The molecule has 1 fully saturated rings. The molecule has 0 aromatic rings. The summed E-state index contributed by atoms with van der Waals surface area (Å²) in [5.74, 6) is 1.39. The van der Waals surface area contributed by atoms with E-state index < -0.39 is 10.0 Å². The number of thioether (sulfide) groups is 1. The smallest absolute Gasteiger partial charge is 0.211 e. The number of sulfonamides is 1. The van der Waals surface area contributed by atoms with E-state index in [2.05, 4.69) is 10.0 Å². The van der Waals surface area contributed by atoms with Gasteiger partial charge in [0.25, 0.3) is 0 Å². The average Bonchev–Trinajstić information content (AvgIpc) is 2.18. The van der Waals surface area contributed by atoms with Crippen LogP contribution in [0.4, 0.5) is 0 Å². The fraction of sp³-hybridized carbons (Fsp3) is 1.00. The molecule has 1 heterocycles. The van der Waals surface area contributed by atoms with Crippen LogP contribution in [0.1, 0.15) is 12.8 Å². The van der Waals surface area contributed by atoms with Crippen LogP contribution in [0.15, 0.2) is 0 Å². The van der Waals surface area contributed by atoms with Crippen molar-refractivity contribution in [2.24, 2.45) is 5.92 Å². The Kier molecular flexibility index (Phi) is 5.96. The van der Waals surface area contributed by atoms with E-state index in [1.807, 2.05) is 6.26 Å². The summed E-state index contributed by atoms with van der Waals surface area (Å²) in [5.41, 5.74) is 0. The summed E-state index contributed by atoms with van der Waals surface area (Å²) in [7, 11) is -3.06. The van der Waals surface area contributed by atoms with Crippen LogP contribution < -0.4 is 10.0 Å². The first kappa shape index (κ1) is 13.3. The van der Waals surface area contributed by atoms with Crippen molar-refractivity contribution in [2.75, 3.05) is 37.4 Å². The molecule has 0 saturated carbocycles. The maximum absolute atomic E-state index is 11.6. The van der Waals surface area contributed by atoms with Crippen LogP contribution in [-0.2, 0) is 10.0 Å². The van der Waals surface area contributed by atoms with Crippen LogP contribution in [0.2, 0.25) is 0 Å². The van der Waals surface area contributed by atoms with Gasteiger partial charge in [-0.2, -0.15) is 11.8 Å². The maximum Gasteiger partial charge on any atom is 0.211 e. The standard InChI is InChI=1S/C9H20N2O2S2/c1-14-6-5-11-15(12,13)8-9-3-2-4-10-7-9/h9-11H,2-8H2,1H3. The van der Waals surface area contributed by atoms with Gasteiger partial charge in [-0.15, -0.1) is 0 Å². The van der Waals surface area contributed by atoms with Crippen molar-refractivity contribution in [3.8, 4) is 0 Å². The van der Waals surface area contributed by atoms with Gasteiger partial charge in [-0.25, -0.2) is 13.1 Å². The highest BCUT2D eigenvalue weighted by Gasteiger charge is 2.20. The Balaban J connectivity index is 2.27. The van der Waals surface area contributed by atoms with Crippen LogP contribution in [0.5, 0.6) is 0 Å². The maximum atomic E-state index is 11.6. The zero-order valence-electron chi connectivity index (χ0n) is 9.16. The molecule has 1 rings (SSSR count). The van der Waals surface area contributed by atoms with Crippen molar-refractivity contribution in [1.29, 1.82) is 0 Å². The molecule has 0 aliphatic carbocycles. The Morgan fingerprint density at radius 3 is 2.93 bits per heavy atom. The highest BCUT2D eigenvalue weighted by Crippen LogP contribution is 2.11. The van der Waals surface area contributed by atoms with Gasteiger partial charge in [0.15, 0.2) is 0 Å². The highest BCUT2D eigenvalue weighted by molar-refractivity contribution is 7.98. The number of piperidine rings is 1. The minimum Gasteiger partial charge on any atom is -0.316 e. The second-order valence-corrected chi connectivity index (χ2v) is 6.72. The molecular weight excluding hydrogens is 232 g/mol. The van der Waals surface area contributed by atoms with E-state index in [-0.39, 0.29) is 11.7 Å². The third-order valence-electron chi connectivity index (χ3n) is 2.48. The van der Waals surface area contributed by atoms with Crippen LogP contribution in [-0.4, -0.2) is 45.8 Å². The topological polar surface area (TPSA) is 58.2 Å². The highest BCUT2D eigenvalue weighted by atomic mass is 32.2. The minimum atomic E-state index is -3.06. The third-order valence-corrected chi connectivity index (χ3v) is 4.65. The minimum absolute atomic E-state index is 0.272. The summed E-state index contributed by atoms with van der Waals surface area (Å²) >= 11 is 1.65. The normalized spacial score (nSPS) is 22.9. The van der Waals surface area contributed by atoms with Gasteiger partial charge in [0, 0.05) is 12.3 Å². The van der Waals surface area contributed by atoms with Crippen molar-refractivity contribution in [3.63, 3.8) is 0 Å². The predicted molar refractivity (Wildman–Crippen MR) is 65.8 cm³/mol. The zero-order chi connectivity index (χ0) is 11.1. The lowest BCUT2D eigenvalue weighted by molar-refractivity contribution is 0.403. The van der Waals surface area contributed by atoms with Crippen molar-refractivity contribution >= 4 is 21.8 Å². The molecule has 1 aliphatic heterocycles. The SMILES string of the molecule is CSCCNS(=O)(=O)CC1CCCNC1. The third kappa shape index (κ3) is 5.75. The summed E-state index contributed by atoms with van der Waals surface area (Å²) in [5, 5.41) is 3.23. The Hall–Kier alpha value is 0.220. The second kappa shape index (κ2) is 6.73. The van der Waals surface area contributed by atoms with Gasteiger partial charge in [0.1, 0.15) is 0 Å². The molecule has 90 valence electrons. The van der Waals surface area contributed by atoms with Crippen molar-refractivity contribution in [1.82, 2.24) is 10.0 Å². The summed E-state index contributed by atoms with van der Waals surface area (Å²) in [6, 6.07) is 0. The van der Waals surface area contributed by atoms with Gasteiger partial charge in [-0.05, 0) is 38.1 Å². The molecule has 0 spiro atoms. The average molecular weight is 252 g/mol. The molecule has 0 radical (unpaired) electrons. The lowest BCUT2D eigenvalue weighted by Gasteiger charge is -2.22. The van der Waals surface area contributed by atoms with E-state index in [0.717, 1.165) is 31.7 Å². The summed E-state index contributed by atoms with van der Waals surface area (Å²) in [6.45, 7) is 2.41. The molecule has 1 unspecified atom stereocenters. The van der Waals surface area contributed by atoms with E-state index in [1.54, 1.807) is 11.8 Å². The Labute approximate surface area is 96.6 Å². The van der Waals surface area contributed by atoms with E-state index in [9.17, 15) is 8.42 Å². The molecule has 1 saturated heterocycles.